The van der Waals surface area contributed by atoms with Gasteiger partial charge in [0, 0.05) is 4.47 Å². The minimum absolute atomic E-state index is 0.130. The van der Waals surface area contributed by atoms with E-state index in [0.29, 0.717) is 10.5 Å². The summed E-state index contributed by atoms with van der Waals surface area (Å²) in [5.41, 5.74) is -1.67. The molecule has 2 aromatic rings. The minimum Gasteiger partial charge on any atom is -0.507 e. The molecule has 1 aromatic carbocycles. The van der Waals surface area contributed by atoms with E-state index in [4.69, 9.17) is 0 Å². The van der Waals surface area contributed by atoms with Gasteiger partial charge in [0.15, 0.2) is 0 Å². The van der Waals surface area contributed by atoms with Gasteiger partial charge in [-0.1, -0.05) is 15.9 Å². The number of H-pyrrole nitrogens is 1. The average molecular weight is 335 g/mol. The van der Waals surface area contributed by atoms with Crippen LogP contribution in [0, 0.1) is 0 Å². The number of phenolic OH excluding ortho intramolecular Hbond substituents is 1. The molecule has 2 rings (SSSR count). The number of nitrogens with one attached hydrogen (secondary N) is 1. The molecule has 1 heterocycles. The maximum atomic E-state index is 12.4. The van der Waals surface area contributed by atoms with Crippen LogP contribution in [0.25, 0.3) is 0 Å². The number of nitrogens with zero attached hydrogens (tertiary/aromatic N) is 1. The summed E-state index contributed by atoms with van der Waals surface area (Å²) in [4.78, 5) is 11.9. The van der Waals surface area contributed by atoms with Gasteiger partial charge >= 0.3 is 6.18 Å². The quantitative estimate of drug-likeness (QED) is 0.829. The van der Waals surface area contributed by atoms with E-state index in [-0.39, 0.29) is 11.3 Å². The molecule has 0 bridgehead atoms. The number of phenols is 1. The van der Waals surface area contributed by atoms with E-state index in [0.717, 1.165) is 0 Å². The smallest absolute Gasteiger partial charge is 0.432 e. The lowest BCUT2D eigenvalue weighted by atomic mass is 10.1. The van der Waals surface area contributed by atoms with E-state index in [2.05, 4.69) is 21.0 Å². The van der Waals surface area contributed by atoms with Crippen molar-refractivity contribution in [2.75, 3.05) is 0 Å². The zero-order chi connectivity index (χ0) is 14.2. The summed E-state index contributed by atoms with van der Waals surface area (Å²) in [6.07, 6.45) is -4.61. The van der Waals surface area contributed by atoms with Crippen LogP contribution in [0.2, 0.25) is 0 Å². The normalized spacial score (nSPS) is 11.6. The third kappa shape index (κ3) is 2.78. The lowest BCUT2D eigenvalue weighted by molar-refractivity contribution is -0.141. The topological polar surface area (TPSA) is 66.0 Å². The Labute approximate surface area is 113 Å². The van der Waals surface area contributed by atoms with Crippen molar-refractivity contribution >= 4 is 21.7 Å². The largest absolute Gasteiger partial charge is 0.507 e. The van der Waals surface area contributed by atoms with Crippen LogP contribution in [0.5, 0.6) is 5.75 Å². The molecule has 0 spiro atoms. The number of carbonyl (C=O) groups is 1. The van der Waals surface area contributed by atoms with Crippen LogP contribution < -0.4 is 0 Å². The first-order valence-electron chi connectivity index (χ1n) is 4.95. The fourth-order valence-corrected chi connectivity index (χ4v) is 1.77. The lowest BCUT2D eigenvalue weighted by Crippen LogP contribution is -2.05. The van der Waals surface area contributed by atoms with E-state index < -0.39 is 23.3 Å². The summed E-state index contributed by atoms with van der Waals surface area (Å²) in [6, 6.07) is 4.66. The predicted molar refractivity (Wildman–Crippen MR) is 62.8 cm³/mol. The zero-order valence-corrected chi connectivity index (χ0v) is 10.7. The van der Waals surface area contributed by atoms with E-state index in [1.54, 1.807) is 5.10 Å². The number of aromatic amines is 1. The fraction of sp³-hybridized carbons (Fsp3) is 0.0909. The van der Waals surface area contributed by atoms with Crippen LogP contribution in [-0.2, 0) is 6.18 Å². The van der Waals surface area contributed by atoms with Gasteiger partial charge in [-0.2, -0.15) is 18.3 Å². The molecule has 0 aliphatic heterocycles. The van der Waals surface area contributed by atoms with Crippen molar-refractivity contribution in [3.05, 3.63) is 45.7 Å². The van der Waals surface area contributed by atoms with Crippen molar-refractivity contribution in [3.63, 3.8) is 0 Å². The lowest BCUT2D eigenvalue weighted by Gasteiger charge is -2.02. The highest BCUT2D eigenvalue weighted by Gasteiger charge is 2.34. The van der Waals surface area contributed by atoms with E-state index in [9.17, 15) is 23.1 Å². The first-order valence-corrected chi connectivity index (χ1v) is 5.74. The van der Waals surface area contributed by atoms with Gasteiger partial charge in [0.2, 0.25) is 5.78 Å². The number of aromatic hydroxyl groups is 1. The number of aromatic nitrogens is 2. The molecule has 0 saturated carbocycles. The van der Waals surface area contributed by atoms with Crippen LogP contribution in [0.4, 0.5) is 13.2 Å². The molecule has 0 saturated heterocycles. The molecule has 4 nitrogen and oxygen atoms in total. The molecule has 100 valence electrons. The van der Waals surface area contributed by atoms with Crippen LogP contribution in [0.3, 0.4) is 0 Å². The molecule has 0 amide bonds. The minimum atomic E-state index is -4.61. The standard InChI is InChI=1S/C11H6BrF3N2O2/c12-5-1-2-8(18)6(3-5)10(19)7-4-9(17-16-7)11(13,14)15/h1-4,18H,(H,16,17). The Morgan fingerprint density at radius 3 is 2.58 bits per heavy atom. The number of halogens is 4. The summed E-state index contributed by atoms with van der Waals surface area (Å²) in [5, 5.41) is 14.6. The highest BCUT2D eigenvalue weighted by Crippen LogP contribution is 2.29. The highest BCUT2D eigenvalue weighted by atomic mass is 79.9. The summed E-state index contributed by atoms with van der Waals surface area (Å²) in [7, 11) is 0. The molecule has 8 heteroatoms. The Kier molecular flexibility index (Phi) is 3.36. The summed E-state index contributed by atoms with van der Waals surface area (Å²) in [5.74, 6) is -1.13. The van der Waals surface area contributed by atoms with Crippen LogP contribution in [-0.4, -0.2) is 21.1 Å². The molecule has 0 radical (unpaired) electrons. The van der Waals surface area contributed by atoms with Crippen molar-refractivity contribution in [2.45, 2.75) is 6.18 Å². The maximum absolute atomic E-state index is 12.4. The molecule has 1 aromatic heterocycles. The molecule has 2 N–H and O–H groups in total. The first-order chi connectivity index (χ1) is 8.79. The third-order valence-electron chi connectivity index (χ3n) is 2.32. The highest BCUT2D eigenvalue weighted by molar-refractivity contribution is 9.10. The van der Waals surface area contributed by atoms with E-state index in [1.165, 1.54) is 18.2 Å². The number of hydrogen-bond donors (Lipinski definition) is 2. The van der Waals surface area contributed by atoms with Gasteiger partial charge in [-0.05, 0) is 24.3 Å². The van der Waals surface area contributed by atoms with Crippen molar-refractivity contribution in [1.82, 2.24) is 10.2 Å². The predicted octanol–water partition coefficient (Wildman–Crippen LogP) is 3.13. The molecule has 0 aliphatic rings. The van der Waals surface area contributed by atoms with Gasteiger partial charge in [-0.3, -0.25) is 9.89 Å². The summed E-state index contributed by atoms with van der Waals surface area (Å²) in [6.45, 7) is 0. The van der Waals surface area contributed by atoms with Crippen molar-refractivity contribution in [1.29, 1.82) is 0 Å². The number of rotatable bonds is 2. The molecule has 0 atom stereocenters. The molecular weight excluding hydrogens is 329 g/mol. The SMILES string of the molecule is O=C(c1cc(C(F)(F)F)[nH]n1)c1cc(Br)ccc1O. The molecule has 19 heavy (non-hydrogen) atoms. The fourth-order valence-electron chi connectivity index (χ4n) is 1.41. The second-order valence-corrected chi connectivity index (χ2v) is 4.57. The number of hydrogen-bond acceptors (Lipinski definition) is 3. The van der Waals surface area contributed by atoms with Gasteiger partial charge in [0.25, 0.3) is 0 Å². The van der Waals surface area contributed by atoms with Crippen LogP contribution in [0.1, 0.15) is 21.7 Å². The third-order valence-corrected chi connectivity index (χ3v) is 2.81. The maximum Gasteiger partial charge on any atom is 0.432 e. The number of carbonyl (C=O) groups excluding carboxylic acids is 1. The summed E-state index contributed by atoms with van der Waals surface area (Å²) >= 11 is 3.10. The van der Waals surface area contributed by atoms with Crippen molar-refractivity contribution in [2.24, 2.45) is 0 Å². The van der Waals surface area contributed by atoms with Crippen molar-refractivity contribution in [3.8, 4) is 5.75 Å². The van der Waals surface area contributed by atoms with Crippen molar-refractivity contribution < 1.29 is 23.1 Å². The molecule has 0 aliphatic carbocycles. The second kappa shape index (κ2) is 4.69. The van der Waals surface area contributed by atoms with Crippen LogP contribution in [0.15, 0.2) is 28.7 Å². The molecular formula is C11H6BrF3N2O2. The second-order valence-electron chi connectivity index (χ2n) is 3.66. The average Bonchev–Trinajstić information content (AvgIpc) is 2.80. The van der Waals surface area contributed by atoms with E-state index in [1.807, 2.05) is 0 Å². The Morgan fingerprint density at radius 2 is 2.00 bits per heavy atom. The number of benzene rings is 1. The Bertz CT molecular complexity index is 637. The van der Waals surface area contributed by atoms with Gasteiger partial charge in [-0.15, -0.1) is 0 Å². The Hall–Kier alpha value is -1.83. The summed E-state index contributed by atoms with van der Waals surface area (Å²) < 4.78 is 37.6. The van der Waals surface area contributed by atoms with Gasteiger partial charge in [-0.25, -0.2) is 0 Å². The zero-order valence-electron chi connectivity index (χ0n) is 9.12. The Morgan fingerprint density at radius 1 is 1.32 bits per heavy atom. The number of ketones is 1. The van der Waals surface area contributed by atoms with Gasteiger partial charge < -0.3 is 5.11 Å². The number of alkyl halides is 3. The van der Waals surface area contributed by atoms with Gasteiger partial charge in [0.1, 0.15) is 17.1 Å². The van der Waals surface area contributed by atoms with E-state index >= 15 is 0 Å². The Balaban J connectivity index is 2.39. The monoisotopic (exact) mass is 334 g/mol. The van der Waals surface area contributed by atoms with Crippen LogP contribution >= 0.6 is 15.9 Å². The first kappa shape index (κ1) is 13.6. The molecule has 0 unspecified atom stereocenters. The molecule has 0 fully saturated rings. The van der Waals surface area contributed by atoms with Gasteiger partial charge in [0.05, 0.1) is 5.56 Å².